The average Bonchev–Trinajstić information content (AvgIpc) is 3.17. The third-order valence-electron chi connectivity index (χ3n) is 5.86. The average molecular weight is 500 g/mol. The van der Waals surface area contributed by atoms with Crippen LogP contribution in [0.3, 0.4) is 0 Å². The molecule has 0 saturated heterocycles. The third kappa shape index (κ3) is 4.89. The number of aromatic hydroxyl groups is 1. The molecule has 34 heavy (non-hydrogen) atoms. The number of carbonyl (C=O) groups excluding carboxylic acids is 2. The maximum atomic E-state index is 13.5. The molecule has 1 aromatic heterocycles. The summed E-state index contributed by atoms with van der Waals surface area (Å²) in [6, 6.07) is 11.5. The second kappa shape index (κ2) is 10.0. The lowest BCUT2D eigenvalue weighted by atomic mass is 10.0. The van der Waals surface area contributed by atoms with Crippen LogP contribution in [0.2, 0.25) is 5.02 Å². The molecule has 0 spiro atoms. The predicted octanol–water partition coefficient (Wildman–Crippen LogP) is 4.85. The molecule has 178 valence electrons. The first-order valence-corrected chi connectivity index (χ1v) is 12.0. The second-order valence-electron chi connectivity index (χ2n) is 8.25. The van der Waals surface area contributed by atoms with Gasteiger partial charge < -0.3 is 25.4 Å². The highest BCUT2D eigenvalue weighted by atomic mass is 35.5. The van der Waals surface area contributed by atoms with E-state index in [-0.39, 0.29) is 22.7 Å². The number of hydrogen-bond donors (Lipinski definition) is 3. The summed E-state index contributed by atoms with van der Waals surface area (Å²) in [5.41, 5.74) is 2.62. The van der Waals surface area contributed by atoms with Crippen molar-refractivity contribution in [3.05, 3.63) is 74.6 Å². The van der Waals surface area contributed by atoms with Gasteiger partial charge >= 0.3 is 0 Å². The van der Waals surface area contributed by atoms with Gasteiger partial charge in [-0.3, -0.25) is 9.59 Å². The van der Waals surface area contributed by atoms with Crippen LogP contribution in [0.15, 0.2) is 42.5 Å². The first-order valence-electron chi connectivity index (χ1n) is 10.8. The molecule has 1 aliphatic heterocycles. The van der Waals surface area contributed by atoms with Crippen LogP contribution >= 0.6 is 22.9 Å². The quantitative estimate of drug-likeness (QED) is 0.451. The summed E-state index contributed by atoms with van der Waals surface area (Å²) in [6.45, 7) is 3.44. The highest BCUT2D eigenvalue weighted by molar-refractivity contribution is 7.17. The van der Waals surface area contributed by atoms with Crippen molar-refractivity contribution in [1.82, 2.24) is 10.2 Å². The Morgan fingerprint density at radius 3 is 2.71 bits per heavy atom. The summed E-state index contributed by atoms with van der Waals surface area (Å²) in [6.07, 6.45) is 0.717. The molecule has 7 nitrogen and oxygen atoms in total. The van der Waals surface area contributed by atoms with E-state index >= 15 is 0 Å². The number of halogens is 1. The molecule has 2 heterocycles. The number of likely N-dealkylation sites (N-methyl/N-ethyl adjacent to an activating group) is 1. The van der Waals surface area contributed by atoms with Crippen molar-refractivity contribution in [1.29, 1.82) is 0 Å². The molecule has 2 amide bonds. The summed E-state index contributed by atoms with van der Waals surface area (Å²) in [5.74, 6) is -0.0552. The molecular weight excluding hydrogens is 474 g/mol. The zero-order valence-electron chi connectivity index (χ0n) is 19.1. The summed E-state index contributed by atoms with van der Waals surface area (Å²) in [7, 11) is 3.63. The fraction of sp³-hybridized carbons (Fsp3) is 0.280. The number of amides is 2. The Kier molecular flexibility index (Phi) is 7.11. The number of carbonyl (C=O) groups is 2. The Hall–Kier alpha value is -3.07. The minimum Gasteiger partial charge on any atom is -0.506 e. The van der Waals surface area contributed by atoms with Gasteiger partial charge in [0, 0.05) is 29.1 Å². The smallest absolute Gasteiger partial charge is 0.256 e. The first kappa shape index (κ1) is 24.1. The van der Waals surface area contributed by atoms with E-state index in [0.717, 1.165) is 29.0 Å². The highest BCUT2D eigenvalue weighted by Gasteiger charge is 2.29. The Bertz CT molecular complexity index is 1240. The van der Waals surface area contributed by atoms with Gasteiger partial charge in [-0.15, -0.1) is 11.3 Å². The number of benzene rings is 2. The highest BCUT2D eigenvalue weighted by Crippen LogP contribution is 2.38. The zero-order chi connectivity index (χ0) is 24.4. The molecule has 2 aromatic carbocycles. The monoisotopic (exact) mass is 499 g/mol. The van der Waals surface area contributed by atoms with Crippen LogP contribution in [0.5, 0.6) is 11.5 Å². The molecule has 4 rings (SSSR count). The third-order valence-corrected chi connectivity index (χ3v) is 7.30. The Balaban J connectivity index is 1.65. The van der Waals surface area contributed by atoms with E-state index in [9.17, 15) is 14.7 Å². The molecule has 3 N–H and O–H groups in total. The lowest BCUT2D eigenvalue weighted by Crippen LogP contribution is -2.30. The SMILES string of the molecule is COc1ccccc1C(C)NC(=O)c1c(NC(=O)c2ccc(O)c(Cl)c2)sc2c1CCN(C)C2. The number of hydrogen-bond acceptors (Lipinski definition) is 6. The van der Waals surface area contributed by atoms with Crippen LogP contribution in [0.25, 0.3) is 0 Å². The van der Waals surface area contributed by atoms with Crippen LogP contribution in [0.1, 0.15) is 49.7 Å². The summed E-state index contributed by atoms with van der Waals surface area (Å²) < 4.78 is 5.44. The Morgan fingerprint density at radius 1 is 1.21 bits per heavy atom. The first-order chi connectivity index (χ1) is 16.3. The van der Waals surface area contributed by atoms with Crippen molar-refractivity contribution in [2.75, 3.05) is 26.0 Å². The molecule has 1 unspecified atom stereocenters. The molecule has 0 aliphatic carbocycles. The number of para-hydroxylation sites is 1. The maximum Gasteiger partial charge on any atom is 0.256 e. The number of nitrogens with zero attached hydrogens (tertiary/aromatic N) is 1. The zero-order valence-corrected chi connectivity index (χ0v) is 20.7. The van der Waals surface area contributed by atoms with E-state index in [1.165, 1.54) is 29.5 Å². The van der Waals surface area contributed by atoms with Crippen molar-refractivity contribution in [3.8, 4) is 11.5 Å². The van der Waals surface area contributed by atoms with Gasteiger partial charge in [0.15, 0.2) is 0 Å². The van der Waals surface area contributed by atoms with Crippen molar-refractivity contribution in [2.24, 2.45) is 0 Å². The van der Waals surface area contributed by atoms with Crippen LogP contribution in [0, 0.1) is 0 Å². The molecule has 0 saturated carbocycles. The molecule has 0 radical (unpaired) electrons. The summed E-state index contributed by atoms with van der Waals surface area (Å²) in [5, 5.41) is 16.2. The standard InChI is InChI=1S/C25H26ClN3O4S/c1-14(16-6-4-5-7-20(16)33-3)27-24(32)22-17-10-11-29(2)13-21(17)34-25(22)28-23(31)15-8-9-19(30)18(26)12-15/h4-9,12,14,30H,10-11,13H2,1-3H3,(H,27,32)(H,28,31). The normalized spacial score (nSPS) is 14.2. The van der Waals surface area contributed by atoms with Crippen molar-refractivity contribution in [2.45, 2.75) is 25.9 Å². The van der Waals surface area contributed by atoms with Crippen LogP contribution in [-0.4, -0.2) is 42.5 Å². The molecule has 1 aliphatic rings. The van der Waals surface area contributed by atoms with E-state index in [1.54, 1.807) is 7.11 Å². The number of methoxy groups -OCH3 is 1. The fourth-order valence-electron chi connectivity index (χ4n) is 4.05. The van der Waals surface area contributed by atoms with Gasteiger partial charge in [0.1, 0.15) is 16.5 Å². The number of ether oxygens (including phenoxy) is 1. The van der Waals surface area contributed by atoms with Gasteiger partial charge in [0.25, 0.3) is 11.8 Å². The maximum absolute atomic E-state index is 13.5. The molecule has 0 bridgehead atoms. The largest absolute Gasteiger partial charge is 0.506 e. The number of fused-ring (bicyclic) bond motifs is 1. The minimum absolute atomic E-state index is 0.0864. The van der Waals surface area contributed by atoms with E-state index in [2.05, 4.69) is 15.5 Å². The van der Waals surface area contributed by atoms with Gasteiger partial charge in [-0.1, -0.05) is 29.8 Å². The number of phenols is 1. The van der Waals surface area contributed by atoms with Gasteiger partial charge in [0.2, 0.25) is 0 Å². The number of phenolic OH excluding ortho intramolecular Hbond substituents is 1. The van der Waals surface area contributed by atoms with Crippen LogP contribution in [-0.2, 0) is 13.0 Å². The van der Waals surface area contributed by atoms with E-state index < -0.39 is 5.91 Å². The molecule has 3 aromatic rings. The van der Waals surface area contributed by atoms with E-state index in [4.69, 9.17) is 16.3 Å². The lowest BCUT2D eigenvalue weighted by molar-refractivity contribution is 0.0939. The lowest BCUT2D eigenvalue weighted by Gasteiger charge is -2.23. The number of rotatable bonds is 6. The molecular formula is C25H26ClN3O4S. The second-order valence-corrected chi connectivity index (χ2v) is 9.77. The van der Waals surface area contributed by atoms with Gasteiger partial charge in [0.05, 0.1) is 23.7 Å². The Labute approximate surface area is 207 Å². The van der Waals surface area contributed by atoms with Crippen LogP contribution < -0.4 is 15.4 Å². The van der Waals surface area contributed by atoms with Crippen molar-refractivity contribution < 1.29 is 19.4 Å². The van der Waals surface area contributed by atoms with E-state index in [0.29, 0.717) is 28.4 Å². The number of thiophene rings is 1. The Morgan fingerprint density at radius 2 is 1.97 bits per heavy atom. The van der Waals surface area contributed by atoms with E-state index in [1.807, 2.05) is 38.2 Å². The van der Waals surface area contributed by atoms with Crippen LogP contribution in [0.4, 0.5) is 5.00 Å². The molecule has 9 heteroatoms. The van der Waals surface area contributed by atoms with Gasteiger partial charge in [-0.2, -0.15) is 0 Å². The molecule has 1 atom stereocenters. The van der Waals surface area contributed by atoms with Gasteiger partial charge in [-0.25, -0.2) is 0 Å². The summed E-state index contributed by atoms with van der Waals surface area (Å²) in [4.78, 5) is 29.7. The predicted molar refractivity (Wildman–Crippen MR) is 134 cm³/mol. The number of anilines is 1. The fourth-order valence-corrected chi connectivity index (χ4v) is 5.55. The topological polar surface area (TPSA) is 90.9 Å². The van der Waals surface area contributed by atoms with Gasteiger partial charge in [-0.05, 0) is 50.2 Å². The molecule has 0 fully saturated rings. The number of nitrogens with one attached hydrogen (secondary N) is 2. The summed E-state index contributed by atoms with van der Waals surface area (Å²) >= 11 is 7.39. The van der Waals surface area contributed by atoms with Crippen molar-refractivity contribution >= 4 is 39.8 Å². The van der Waals surface area contributed by atoms with Crippen molar-refractivity contribution in [3.63, 3.8) is 0 Å². The minimum atomic E-state index is -0.402.